The Labute approximate surface area is 132 Å². The van der Waals surface area contributed by atoms with Crippen LogP contribution in [0.1, 0.15) is 17.5 Å². The second-order valence-corrected chi connectivity index (χ2v) is 7.31. The van der Waals surface area contributed by atoms with Crippen molar-refractivity contribution in [1.82, 2.24) is 10.2 Å². The predicted molar refractivity (Wildman–Crippen MR) is 86.3 cm³/mol. The Morgan fingerprint density at radius 3 is 2.76 bits per heavy atom. The van der Waals surface area contributed by atoms with Gasteiger partial charge in [0, 0.05) is 0 Å². The highest BCUT2D eigenvalue weighted by atomic mass is 32.2. The number of hydrogen-bond acceptors (Lipinski definition) is 6. The number of nitrogens with one attached hydrogen (secondary N) is 1. The monoisotopic (exact) mass is 323 g/mol. The molecule has 0 aliphatic rings. The molecule has 0 radical (unpaired) electrons. The summed E-state index contributed by atoms with van der Waals surface area (Å²) in [5.74, 6) is 0.565. The summed E-state index contributed by atoms with van der Waals surface area (Å²) in [4.78, 5) is 12.3. The number of nitrogens with zero attached hydrogens (tertiary/aromatic N) is 2. The number of aromatic nitrogens is 2. The van der Waals surface area contributed by atoms with Gasteiger partial charge in [-0.3, -0.25) is 4.79 Å². The largest absolute Gasteiger partial charge is 0.495 e. The minimum Gasteiger partial charge on any atom is -0.495 e. The Morgan fingerprint density at radius 2 is 2.14 bits per heavy atom. The number of ether oxygens (including phenoxy) is 1. The first kappa shape index (κ1) is 15.8. The van der Waals surface area contributed by atoms with E-state index < -0.39 is 0 Å². The van der Waals surface area contributed by atoms with Crippen LogP contribution >= 0.6 is 23.1 Å². The number of carbonyl (C=O) groups is 1. The molecule has 0 aliphatic heterocycles. The van der Waals surface area contributed by atoms with Crippen LogP contribution in [-0.2, 0) is 4.79 Å². The van der Waals surface area contributed by atoms with Crippen molar-refractivity contribution in [3.8, 4) is 5.75 Å². The van der Waals surface area contributed by atoms with Gasteiger partial charge in [0.15, 0.2) is 4.34 Å². The van der Waals surface area contributed by atoms with E-state index in [1.54, 1.807) is 7.11 Å². The van der Waals surface area contributed by atoms with Crippen LogP contribution in [0, 0.1) is 13.8 Å². The van der Waals surface area contributed by atoms with Crippen LogP contribution in [0.5, 0.6) is 5.75 Å². The molecule has 2 rings (SSSR count). The molecule has 5 nitrogen and oxygen atoms in total. The fourth-order valence-corrected chi connectivity index (χ4v) is 3.64. The molecule has 0 saturated carbocycles. The minimum atomic E-state index is -0.262. The maximum absolute atomic E-state index is 12.3. The van der Waals surface area contributed by atoms with Gasteiger partial charge in [0.25, 0.3) is 0 Å². The van der Waals surface area contributed by atoms with Gasteiger partial charge in [0.1, 0.15) is 10.8 Å². The average molecular weight is 323 g/mol. The van der Waals surface area contributed by atoms with Gasteiger partial charge in [0.05, 0.1) is 18.0 Å². The normalized spacial score (nSPS) is 12.0. The van der Waals surface area contributed by atoms with E-state index in [2.05, 4.69) is 15.5 Å². The maximum Gasteiger partial charge on any atom is 0.237 e. The number of hydrogen-bond donors (Lipinski definition) is 1. The van der Waals surface area contributed by atoms with Crippen molar-refractivity contribution in [3.05, 3.63) is 28.8 Å². The average Bonchev–Trinajstić information content (AvgIpc) is 2.84. The van der Waals surface area contributed by atoms with Crippen LogP contribution < -0.4 is 10.1 Å². The molecule has 1 atom stereocenters. The lowest BCUT2D eigenvalue weighted by Gasteiger charge is -2.13. The molecule has 0 saturated heterocycles. The first-order valence-electron chi connectivity index (χ1n) is 6.42. The summed E-state index contributed by atoms with van der Waals surface area (Å²) < 4.78 is 6.06. The van der Waals surface area contributed by atoms with E-state index >= 15 is 0 Å². The van der Waals surface area contributed by atoms with Crippen molar-refractivity contribution in [2.75, 3.05) is 12.4 Å². The zero-order valence-electron chi connectivity index (χ0n) is 12.3. The van der Waals surface area contributed by atoms with Crippen LogP contribution in [0.3, 0.4) is 0 Å². The van der Waals surface area contributed by atoms with E-state index in [4.69, 9.17) is 4.74 Å². The van der Waals surface area contributed by atoms with E-state index in [-0.39, 0.29) is 11.2 Å². The topological polar surface area (TPSA) is 64.1 Å². The molecule has 1 heterocycles. The SMILES string of the molecule is COc1ccc(C)cc1NC(=O)[C@@H](C)Sc1nnc(C)s1. The molecule has 7 heteroatoms. The number of amides is 1. The highest BCUT2D eigenvalue weighted by Crippen LogP contribution is 2.29. The zero-order chi connectivity index (χ0) is 15.4. The lowest BCUT2D eigenvalue weighted by molar-refractivity contribution is -0.115. The highest BCUT2D eigenvalue weighted by Gasteiger charge is 2.18. The molecule has 0 fully saturated rings. The van der Waals surface area contributed by atoms with Crippen LogP contribution in [0.15, 0.2) is 22.5 Å². The lowest BCUT2D eigenvalue weighted by Crippen LogP contribution is -2.22. The summed E-state index contributed by atoms with van der Waals surface area (Å²) >= 11 is 2.89. The Hall–Kier alpha value is -1.60. The summed E-state index contributed by atoms with van der Waals surface area (Å²) in [5, 5.41) is 11.5. The number of benzene rings is 1. The number of anilines is 1. The van der Waals surface area contributed by atoms with Gasteiger partial charge >= 0.3 is 0 Å². The molecule has 1 amide bonds. The minimum absolute atomic E-state index is 0.0863. The van der Waals surface area contributed by atoms with Crippen molar-refractivity contribution in [2.24, 2.45) is 0 Å². The number of carbonyl (C=O) groups excluding carboxylic acids is 1. The van der Waals surface area contributed by atoms with E-state index in [1.165, 1.54) is 23.1 Å². The molecule has 0 bridgehead atoms. The highest BCUT2D eigenvalue weighted by molar-refractivity contribution is 8.02. The van der Waals surface area contributed by atoms with Gasteiger partial charge in [-0.15, -0.1) is 10.2 Å². The fourth-order valence-electron chi connectivity index (χ4n) is 1.68. The number of rotatable bonds is 5. The van der Waals surface area contributed by atoms with E-state index in [1.807, 2.05) is 39.0 Å². The number of methoxy groups -OCH3 is 1. The first-order valence-corrected chi connectivity index (χ1v) is 8.11. The van der Waals surface area contributed by atoms with Crippen molar-refractivity contribution in [1.29, 1.82) is 0 Å². The van der Waals surface area contributed by atoms with Crippen LogP contribution in [-0.4, -0.2) is 28.5 Å². The van der Waals surface area contributed by atoms with E-state index in [0.29, 0.717) is 11.4 Å². The second kappa shape index (κ2) is 6.91. The van der Waals surface area contributed by atoms with Crippen LogP contribution in [0.2, 0.25) is 0 Å². The first-order chi connectivity index (χ1) is 9.99. The Morgan fingerprint density at radius 1 is 1.38 bits per heavy atom. The standard InChI is InChI=1S/C14H17N3O2S2/c1-8-5-6-12(19-4)11(7-8)15-13(18)9(2)20-14-17-16-10(3)21-14/h5-7,9H,1-4H3,(H,15,18)/t9-/m1/s1. The molecule has 1 aromatic heterocycles. The molecule has 2 aromatic rings. The molecule has 0 aliphatic carbocycles. The summed E-state index contributed by atoms with van der Waals surface area (Å²) in [6, 6.07) is 5.68. The van der Waals surface area contributed by atoms with Gasteiger partial charge < -0.3 is 10.1 Å². The van der Waals surface area contributed by atoms with Gasteiger partial charge in [-0.25, -0.2) is 0 Å². The molecule has 21 heavy (non-hydrogen) atoms. The third kappa shape index (κ3) is 4.18. The summed E-state index contributed by atoms with van der Waals surface area (Å²) in [6.45, 7) is 5.71. The third-order valence-electron chi connectivity index (χ3n) is 2.77. The molecular weight excluding hydrogens is 306 g/mol. The van der Waals surface area contributed by atoms with Crippen molar-refractivity contribution < 1.29 is 9.53 Å². The van der Waals surface area contributed by atoms with Crippen molar-refractivity contribution in [3.63, 3.8) is 0 Å². The molecule has 1 aromatic carbocycles. The van der Waals surface area contributed by atoms with Gasteiger partial charge in [-0.2, -0.15) is 0 Å². The smallest absolute Gasteiger partial charge is 0.237 e. The molecule has 0 unspecified atom stereocenters. The van der Waals surface area contributed by atoms with Crippen molar-refractivity contribution >= 4 is 34.7 Å². The molecular formula is C14H17N3O2S2. The van der Waals surface area contributed by atoms with Crippen LogP contribution in [0.4, 0.5) is 5.69 Å². The number of aryl methyl sites for hydroxylation is 2. The Balaban J connectivity index is 2.05. The Kier molecular flexibility index (Phi) is 5.19. The molecule has 112 valence electrons. The number of thioether (sulfide) groups is 1. The maximum atomic E-state index is 12.3. The van der Waals surface area contributed by atoms with E-state index in [0.717, 1.165) is 14.9 Å². The third-order valence-corrected chi connectivity index (χ3v) is 4.79. The van der Waals surface area contributed by atoms with Crippen LogP contribution in [0.25, 0.3) is 0 Å². The molecule has 1 N–H and O–H groups in total. The Bertz CT molecular complexity index is 643. The predicted octanol–water partition coefficient (Wildman–Crippen LogP) is 3.28. The van der Waals surface area contributed by atoms with Crippen molar-refractivity contribution in [2.45, 2.75) is 30.4 Å². The summed E-state index contributed by atoms with van der Waals surface area (Å²) in [5.41, 5.74) is 1.74. The van der Waals surface area contributed by atoms with Gasteiger partial charge in [-0.1, -0.05) is 29.2 Å². The zero-order valence-corrected chi connectivity index (χ0v) is 14.0. The summed E-state index contributed by atoms with van der Waals surface area (Å²) in [6.07, 6.45) is 0. The second-order valence-electron chi connectivity index (χ2n) is 4.54. The van der Waals surface area contributed by atoms with Gasteiger partial charge in [0.2, 0.25) is 5.91 Å². The lowest BCUT2D eigenvalue weighted by atomic mass is 10.2. The quantitative estimate of drug-likeness (QED) is 0.856. The van der Waals surface area contributed by atoms with Gasteiger partial charge in [-0.05, 0) is 38.5 Å². The summed E-state index contributed by atoms with van der Waals surface area (Å²) in [7, 11) is 1.59. The fraction of sp³-hybridized carbons (Fsp3) is 0.357. The molecule has 0 spiro atoms. The van der Waals surface area contributed by atoms with E-state index in [9.17, 15) is 4.79 Å².